The minimum atomic E-state index is 0.257. The Kier molecular flexibility index (Phi) is 2.30. The number of allylic oxidation sites excluding steroid dienone is 1. The van der Waals surface area contributed by atoms with Crippen molar-refractivity contribution < 1.29 is 5.11 Å². The van der Waals surface area contributed by atoms with Crippen molar-refractivity contribution in [3.05, 3.63) is 40.5 Å². The second kappa shape index (κ2) is 3.82. The molecule has 1 aliphatic heterocycles. The van der Waals surface area contributed by atoms with Crippen LogP contribution < -0.4 is 0 Å². The smallest absolute Gasteiger partial charge is 0.199 e. The van der Waals surface area contributed by atoms with E-state index in [1.165, 1.54) is 11.3 Å². The van der Waals surface area contributed by atoms with Crippen LogP contribution in [0.3, 0.4) is 0 Å². The van der Waals surface area contributed by atoms with Crippen molar-refractivity contribution in [2.24, 2.45) is 4.99 Å². The third-order valence-corrected chi connectivity index (χ3v) is 3.38. The maximum absolute atomic E-state index is 9.71. The molecule has 1 aromatic heterocycles. The number of aromatic nitrogens is 1. The number of aliphatic imine (C=N–C) groups is 1. The first kappa shape index (κ1) is 10.2. The summed E-state index contributed by atoms with van der Waals surface area (Å²) >= 11 is 1.29. The molecule has 0 atom stereocenters. The minimum Gasteiger partial charge on any atom is -0.498 e. The summed E-state index contributed by atoms with van der Waals surface area (Å²) in [6.07, 6.45) is 3.67. The lowest BCUT2D eigenvalue weighted by molar-refractivity contribution is 0.488. The van der Waals surface area contributed by atoms with Crippen LogP contribution in [0.25, 0.3) is 11.6 Å². The van der Waals surface area contributed by atoms with Gasteiger partial charge in [-0.1, -0.05) is 29.5 Å². The van der Waals surface area contributed by atoms with E-state index in [-0.39, 0.29) is 5.06 Å². The third-order valence-electron chi connectivity index (χ3n) is 2.59. The number of aryl methyl sites for hydroxylation is 1. The highest BCUT2D eigenvalue weighted by Gasteiger charge is 2.13. The number of fused-ring (bicyclic) bond motifs is 1. The molecular weight excluding hydrogens is 232 g/mol. The topological polar surface area (TPSA) is 45.5 Å². The molecule has 4 heteroatoms. The summed E-state index contributed by atoms with van der Waals surface area (Å²) in [5.74, 6) is 0. The van der Waals surface area contributed by atoms with Crippen molar-refractivity contribution in [1.82, 2.24) is 4.98 Å². The van der Waals surface area contributed by atoms with E-state index in [0.29, 0.717) is 5.69 Å². The molecule has 0 saturated carbocycles. The van der Waals surface area contributed by atoms with Gasteiger partial charge in [-0.25, -0.2) is 4.98 Å². The van der Waals surface area contributed by atoms with Crippen LogP contribution in [0.15, 0.2) is 29.3 Å². The number of thiazole rings is 1. The molecule has 0 fully saturated rings. The number of benzene rings is 1. The summed E-state index contributed by atoms with van der Waals surface area (Å²) in [6.45, 7) is 1.88. The van der Waals surface area contributed by atoms with E-state index in [9.17, 15) is 5.11 Å². The fourth-order valence-corrected chi connectivity index (χ4v) is 2.46. The molecule has 1 aliphatic rings. The Morgan fingerprint density at radius 1 is 1.29 bits per heavy atom. The van der Waals surface area contributed by atoms with Gasteiger partial charge in [0.2, 0.25) is 0 Å². The minimum absolute atomic E-state index is 0.257. The average molecular weight is 242 g/mol. The first-order valence-corrected chi connectivity index (χ1v) is 6.07. The monoisotopic (exact) mass is 242 g/mol. The molecule has 17 heavy (non-hydrogen) atoms. The van der Waals surface area contributed by atoms with Crippen molar-refractivity contribution in [3.8, 4) is 5.06 Å². The Bertz CT molecular complexity index is 641. The molecule has 2 heterocycles. The van der Waals surface area contributed by atoms with Crippen LogP contribution >= 0.6 is 11.3 Å². The van der Waals surface area contributed by atoms with Crippen LogP contribution in [0.1, 0.15) is 16.3 Å². The zero-order chi connectivity index (χ0) is 11.8. The number of aromatic hydroxyl groups is 1. The maximum Gasteiger partial charge on any atom is 0.199 e. The predicted octanol–water partition coefficient (Wildman–Crippen LogP) is 3.41. The molecular formula is C13H10N2OS. The summed E-state index contributed by atoms with van der Waals surface area (Å²) in [5.41, 5.74) is 3.65. The van der Waals surface area contributed by atoms with Crippen molar-refractivity contribution >= 4 is 34.9 Å². The molecule has 0 aliphatic carbocycles. The highest BCUT2D eigenvalue weighted by atomic mass is 32.1. The molecule has 2 aromatic rings. The van der Waals surface area contributed by atoms with Gasteiger partial charge in [0, 0.05) is 17.4 Å². The molecule has 0 spiro atoms. The first-order valence-electron chi connectivity index (χ1n) is 5.25. The van der Waals surface area contributed by atoms with Gasteiger partial charge in [-0.05, 0) is 19.1 Å². The molecule has 0 unspecified atom stereocenters. The molecule has 0 radical (unpaired) electrons. The molecule has 0 bridgehead atoms. The van der Waals surface area contributed by atoms with Gasteiger partial charge < -0.3 is 5.11 Å². The third kappa shape index (κ3) is 1.76. The van der Waals surface area contributed by atoms with E-state index in [1.54, 1.807) is 6.21 Å². The van der Waals surface area contributed by atoms with E-state index in [2.05, 4.69) is 9.98 Å². The SMILES string of the molecule is Cc1nc(/C=C2\C=Nc3ccccc32)c(O)s1. The summed E-state index contributed by atoms with van der Waals surface area (Å²) in [6, 6.07) is 7.93. The van der Waals surface area contributed by atoms with E-state index in [4.69, 9.17) is 0 Å². The van der Waals surface area contributed by atoms with Crippen LogP contribution in [0.5, 0.6) is 5.06 Å². The fourth-order valence-electron chi connectivity index (χ4n) is 1.83. The number of rotatable bonds is 1. The second-order valence-corrected chi connectivity index (χ2v) is 4.98. The summed E-state index contributed by atoms with van der Waals surface area (Å²) < 4.78 is 0. The summed E-state index contributed by atoms with van der Waals surface area (Å²) in [5, 5.41) is 10.8. The highest BCUT2D eigenvalue weighted by Crippen LogP contribution is 2.34. The molecule has 3 nitrogen and oxygen atoms in total. The lowest BCUT2D eigenvalue weighted by Crippen LogP contribution is -1.81. The maximum atomic E-state index is 9.71. The van der Waals surface area contributed by atoms with E-state index >= 15 is 0 Å². The van der Waals surface area contributed by atoms with Gasteiger partial charge in [-0.3, -0.25) is 4.99 Å². The Balaban J connectivity index is 2.08. The van der Waals surface area contributed by atoms with Crippen LogP contribution in [0, 0.1) is 6.92 Å². The van der Waals surface area contributed by atoms with Gasteiger partial charge in [0.25, 0.3) is 0 Å². The Labute approximate surface area is 103 Å². The lowest BCUT2D eigenvalue weighted by Gasteiger charge is -1.97. The fraction of sp³-hybridized carbons (Fsp3) is 0.0769. The van der Waals surface area contributed by atoms with E-state index in [0.717, 1.165) is 21.8 Å². The van der Waals surface area contributed by atoms with Crippen molar-refractivity contribution in [2.75, 3.05) is 0 Å². The Morgan fingerprint density at radius 2 is 2.12 bits per heavy atom. The normalized spacial score (nSPS) is 15.5. The summed E-state index contributed by atoms with van der Waals surface area (Å²) in [7, 11) is 0. The quantitative estimate of drug-likeness (QED) is 0.832. The number of hydrogen-bond acceptors (Lipinski definition) is 4. The molecule has 0 saturated heterocycles. The van der Waals surface area contributed by atoms with Crippen molar-refractivity contribution in [2.45, 2.75) is 6.92 Å². The average Bonchev–Trinajstić information content (AvgIpc) is 2.85. The number of para-hydroxylation sites is 1. The number of nitrogens with zero attached hydrogens (tertiary/aromatic N) is 2. The zero-order valence-corrected chi connectivity index (χ0v) is 10.0. The Morgan fingerprint density at radius 3 is 2.88 bits per heavy atom. The number of hydrogen-bond donors (Lipinski definition) is 1. The van der Waals surface area contributed by atoms with Crippen LogP contribution in [0.2, 0.25) is 0 Å². The largest absolute Gasteiger partial charge is 0.498 e. The lowest BCUT2D eigenvalue weighted by atomic mass is 10.1. The molecule has 84 valence electrons. The van der Waals surface area contributed by atoms with Crippen LogP contribution in [0.4, 0.5) is 5.69 Å². The predicted molar refractivity (Wildman–Crippen MR) is 71.0 cm³/mol. The molecule has 1 N–H and O–H groups in total. The van der Waals surface area contributed by atoms with Crippen LogP contribution in [-0.4, -0.2) is 16.3 Å². The molecule has 3 rings (SSSR count). The first-order chi connectivity index (χ1) is 8.24. The molecule has 1 aromatic carbocycles. The molecule has 0 amide bonds. The van der Waals surface area contributed by atoms with Gasteiger partial charge in [-0.2, -0.15) is 0 Å². The zero-order valence-electron chi connectivity index (χ0n) is 9.21. The highest BCUT2D eigenvalue weighted by molar-refractivity contribution is 7.13. The van der Waals surface area contributed by atoms with E-state index < -0.39 is 0 Å². The van der Waals surface area contributed by atoms with Gasteiger partial charge in [0.15, 0.2) is 5.06 Å². The standard InChI is InChI=1S/C13H10N2OS/c1-8-15-12(13(16)17-8)6-9-7-14-11-5-3-2-4-10(9)11/h2-7,16H,1H3/b9-6+. The van der Waals surface area contributed by atoms with Gasteiger partial charge in [-0.15, -0.1) is 0 Å². The van der Waals surface area contributed by atoms with Gasteiger partial charge >= 0.3 is 0 Å². The van der Waals surface area contributed by atoms with Gasteiger partial charge in [0.05, 0.1) is 10.7 Å². The second-order valence-electron chi connectivity index (χ2n) is 3.80. The van der Waals surface area contributed by atoms with Crippen LogP contribution in [-0.2, 0) is 0 Å². The summed E-state index contributed by atoms with van der Waals surface area (Å²) in [4.78, 5) is 8.59. The van der Waals surface area contributed by atoms with Gasteiger partial charge in [0.1, 0.15) is 5.69 Å². The van der Waals surface area contributed by atoms with Crippen molar-refractivity contribution in [3.63, 3.8) is 0 Å². The van der Waals surface area contributed by atoms with Crippen molar-refractivity contribution in [1.29, 1.82) is 0 Å². The van der Waals surface area contributed by atoms with E-state index in [1.807, 2.05) is 37.3 Å². The Hall–Kier alpha value is -1.94.